The second-order valence-electron chi connectivity index (χ2n) is 4.91. The minimum Gasteiger partial charge on any atom is -0.465 e. The van der Waals surface area contributed by atoms with Crippen molar-refractivity contribution in [2.24, 2.45) is 0 Å². The number of hydrogen-bond donors (Lipinski definition) is 1. The summed E-state index contributed by atoms with van der Waals surface area (Å²) >= 11 is 0. The summed E-state index contributed by atoms with van der Waals surface area (Å²) < 4.78 is 4.60. The van der Waals surface area contributed by atoms with E-state index in [1.807, 2.05) is 6.07 Å². The summed E-state index contributed by atoms with van der Waals surface area (Å²) in [7, 11) is 1.31. The number of amides is 1. The Kier molecular flexibility index (Phi) is 5.63. The Morgan fingerprint density at radius 3 is 2.13 bits per heavy atom. The van der Waals surface area contributed by atoms with E-state index in [-0.39, 0.29) is 24.5 Å². The third-order valence-corrected chi connectivity index (χ3v) is 3.26. The molecule has 0 atom stereocenters. The maximum Gasteiger partial charge on any atom is 0.337 e. The lowest BCUT2D eigenvalue weighted by Gasteiger charge is -2.06. The molecule has 0 aromatic heterocycles. The van der Waals surface area contributed by atoms with Crippen molar-refractivity contribution in [3.63, 3.8) is 0 Å². The molecule has 0 radical (unpaired) electrons. The first-order valence-corrected chi connectivity index (χ1v) is 7.16. The van der Waals surface area contributed by atoms with Gasteiger partial charge in [-0.15, -0.1) is 0 Å². The van der Waals surface area contributed by atoms with Crippen LogP contribution in [0.15, 0.2) is 54.6 Å². The number of Topliss-reactive ketones (excluding diaryl/α,β-unsaturated/α-hetero) is 1. The van der Waals surface area contributed by atoms with Crippen LogP contribution in [0.3, 0.4) is 0 Å². The molecular weight excluding hydrogens is 294 g/mol. The zero-order chi connectivity index (χ0) is 16.7. The number of benzene rings is 2. The normalized spacial score (nSPS) is 9.96. The molecule has 2 rings (SSSR count). The fraction of sp³-hybridized carbons (Fsp3) is 0.167. The molecule has 0 bridgehead atoms. The van der Waals surface area contributed by atoms with E-state index in [9.17, 15) is 14.4 Å². The Labute approximate surface area is 134 Å². The smallest absolute Gasteiger partial charge is 0.337 e. The van der Waals surface area contributed by atoms with Crippen LogP contribution in [-0.2, 0) is 9.53 Å². The molecule has 5 nitrogen and oxygen atoms in total. The molecule has 1 amide bonds. The number of rotatable bonds is 6. The monoisotopic (exact) mass is 311 g/mol. The predicted molar refractivity (Wildman–Crippen MR) is 86.4 cm³/mol. The van der Waals surface area contributed by atoms with Gasteiger partial charge in [-0.1, -0.05) is 30.3 Å². The SMILES string of the molecule is COC(=O)c1ccc(NC(=O)CCC(=O)c2ccccc2)cc1. The molecule has 0 aliphatic carbocycles. The van der Waals surface area contributed by atoms with Gasteiger partial charge in [0.05, 0.1) is 12.7 Å². The van der Waals surface area contributed by atoms with Crippen LogP contribution in [0, 0.1) is 0 Å². The summed E-state index contributed by atoms with van der Waals surface area (Å²) in [5, 5.41) is 2.69. The molecule has 118 valence electrons. The van der Waals surface area contributed by atoms with E-state index in [1.54, 1.807) is 48.5 Å². The van der Waals surface area contributed by atoms with Gasteiger partial charge in [0.25, 0.3) is 0 Å². The molecule has 0 spiro atoms. The highest BCUT2D eigenvalue weighted by atomic mass is 16.5. The lowest BCUT2D eigenvalue weighted by Crippen LogP contribution is -2.13. The van der Waals surface area contributed by atoms with E-state index in [4.69, 9.17) is 0 Å². The van der Waals surface area contributed by atoms with Gasteiger partial charge >= 0.3 is 5.97 Å². The number of anilines is 1. The Morgan fingerprint density at radius 2 is 1.52 bits per heavy atom. The zero-order valence-corrected chi connectivity index (χ0v) is 12.7. The van der Waals surface area contributed by atoms with Crippen molar-refractivity contribution >= 4 is 23.3 Å². The van der Waals surface area contributed by atoms with Crippen molar-refractivity contribution < 1.29 is 19.1 Å². The summed E-state index contributed by atoms with van der Waals surface area (Å²) in [5.74, 6) is -0.752. The van der Waals surface area contributed by atoms with Gasteiger partial charge in [-0.3, -0.25) is 9.59 Å². The minimum absolute atomic E-state index is 0.0678. The molecule has 0 heterocycles. The third kappa shape index (κ3) is 4.78. The van der Waals surface area contributed by atoms with E-state index in [0.717, 1.165) is 0 Å². The first-order valence-electron chi connectivity index (χ1n) is 7.16. The van der Waals surface area contributed by atoms with Crippen LogP contribution in [0.4, 0.5) is 5.69 Å². The maximum atomic E-state index is 11.9. The van der Waals surface area contributed by atoms with Crippen molar-refractivity contribution in [3.8, 4) is 0 Å². The van der Waals surface area contributed by atoms with Gasteiger partial charge < -0.3 is 10.1 Å². The number of methoxy groups -OCH3 is 1. The van der Waals surface area contributed by atoms with Crippen LogP contribution < -0.4 is 5.32 Å². The topological polar surface area (TPSA) is 72.5 Å². The van der Waals surface area contributed by atoms with Crippen LogP contribution in [0.5, 0.6) is 0 Å². The lowest BCUT2D eigenvalue weighted by molar-refractivity contribution is -0.116. The second kappa shape index (κ2) is 7.89. The highest BCUT2D eigenvalue weighted by molar-refractivity contribution is 6.00. The van der Waals surface area contributed by atoms with Crippen molar-refractivity contribution in [2.75, 3.05) is 12.4 Å². The number of nitrogens with one attached hydrogen (secondary N) is 1. The molecule has 23 heavy (non-hydrogen) atoms. The zero-order valence-electron chi connectivity index (χ0n) is 12.7. The molecule has 0 unspecified atom stereocenters. The van der Waals surface area contributed by atoms with Gasteiger partial charge in [0.2, 0.25) is 5.91 Å². The average molecular weight is 311 g/mol. The van der Waals surface area contributed by atoms with Crippen LogP contribution in [0.25, 0.3) is 0 Å². The third-order valence-electron chi connectivity index (χ3n) is 3.26. The summed E-state index contributed by atoms with van der Waals surface area (Å²) in [6.45, 7) is 0. The summed E-state index contributed by atoms with van der Waals surface area (Å²) in [6, 6.07) is 15.2. The highest BCUT2D eigenvalue weighted by Crippen LogP contribution is 2.12. The number of ketones is 1. The number of ether oxygens (including phenoxy) is 1. The van der Waals surface area contributed by atoms with Crippen molar-refractivity contribution in [2.45, 2.75) is 12.8 Å². The number of carbonyl (C=O) groups is 3. The summed E-state index contributed by atoms with van der Waals surface area (Å²) in [5.41, 5.74) is 1.57. The van der Waals surface area contributed by atoms with Crippen LogP contribution >= 0.6 is 0 Å². The largest absolute Gasteiger partial charge is 0.465 e. The molecule has 5 heteroatoms. The Hall–Kier alpha value is -2.95. The molecular formula is C18H17NO4. The first kappa shape index (κ1) is 16.4. The van der Waals surface area contributed by atoms with Gasteiger partial charge in [-0.05, 0) is 24.3 Å². The van der Waals surface area contributed by atoms with Gasteiger partial charge in [-0.2, -0.15) is 0 Å². The summed E-state index contributed by atoms with van der Waals surface area (Å²) in [4.78, 5) is 35.1. The van der Waals surface area contributed by atoms with E-state index in [2.05, 4.69) is 10.1 Å². The molecule has 2 aromatic carbocycles. The molecule has 1 N–H and O–H groups in total. The van der Waals surface area contributed by atoms with Gasteiger partial charge in [0, 0.05) is 24.1 Å². The van der Waals surface area contributed by atoms with Gasteiger partial charge in [-0.25, -0.2) is 4.79 Å². The number of carbonyl (C=O) groups excluding carboxylic acids is 3. The van der Waals surface area contributed by atoms with Crippen molar-refractivity contribution in [3.05, 3.63) is 65.7 Å². The van der Waals surface area contributed by atoms with E-state index in [1.165, 1.54) is 7.11 Å². The Bertz CT molecular complexity index is 693. The molecule has 0 aliphatic heterocycles. The van der Waals surface area contributed by atoms with Crippen LogP contribution in [0.2, 0.25) is 0 Å². The molecule has 0 saturated carbocycles. The molecule has 0 aliphatic rings. The predicted octanol–water partition coefficient (Wildman–Crippen LogP) is 3.07. The Morgan fingerprint density at radius 1 is 0.870 bits per heavy atom. The van der Waals surface area contributed by atoms with Crippen LogP contribution in [-0.4, -0.2) is 24.8 Å². The fourth-order valence-electron chi connectivity index (χ4n) is 2.03. The number of esters is 1. The van der Waals surface area contributed by atoms with Crippen LogP contribution in [0.1, 0.15) is 33.6 Å². The van der Waals surface area contributed by atoms with E-state index >= 15 is 0 Å². The lowest BCUT2D eigenvalue weighted by atomic mass is 10.1. The standard InChI is InChI=1S/C18H17NO4/c1-23-18(22)14-7-9-15(10-8-14)19-17(21)12-11-16(20)13-5-3-2-4-6-13/h2-10H,11-12H2,1H3,(H,19,21). The molecule has 0 fully saturated rings. The minimum atomic E-state index is -0.434. The summed E-state index contributed by atoms with van der Waals surface area (Å²) in [6.07, 6.45) is 0.253. The number of hydrogen-bond acceptors (Lipinski definition) is 4. The molecule has 0 saturated heterocycles. The van der Waals surface area contributed by atoms with Gasteiger partial charge in [0.1, 0.15) is 0 Å². The highest BCUT2D eigenvalue weighted by Gasteiger charge is 2.10. The second-order valence-corrected chi connectivity index (χ2v) is 4.91. The van der Waals surface area contributed by atoms with E-state index < -0.39 is 5.97 Å². The maximum absolute atomic E-state index is 11.9. The Balaban J connectivity index is 1.85. The van der Waals surface area contributed by atoms with Crippen molar-refractivity contribution in [1.29, 1.82) is 0 Å². The van der Waals surface area contributed by atoms with E-state index in [0.29, 0.717) is 16.8 Å². The van der Waals surface area contributed by atoms with Crippen molar-refractivity contribution in [1.82, 2.24) is 0 Å². The fourth-order valence-corrected chi connectivity index (χ4v) is 2.03. The van der Waals surface area contributed by atoms with Gasteiger partial charge in [0.15, 0.2) is 5.78 Å². The first-order chi connectivity index (χ1) is 11.1. The molecule has 2 aromatic rings. The average Bonchev–Trinajstić information content (AvgIpc) is 2.60. The quantitative estimate of drug-likeness (QED) is 0.657.